The van der Waals surface area contributed by atoms with Crippen LogP contribution in [-0.4, -0.2) is 40.6 Å². The van der Waals surface area contributed by atoms with E-state index in [0.717, 1.165) is 22.9 Å². The van der Waals surface area contributed by atoms with Crippen LogP contribution in [-0.2, 0) is 9.53 Å². The summed E-state index contributed by atoms with van der Waals surface area (Å²) in [6.45, 7) is 3.92. The number of esters is 1. The second-order valence-corrected chi connectivity index (χ2v) is 5.68. The first kappa shape index (κ1) is 24.8. The van der Waals surface area contributed by atoms with E-state index in [1.165, 1.54) is 0 Å². The fourth-order valence-corrected chi connectivity index (χ4v) is 1.55. The van der Waals surface area contributed by atoms with Crippen molar-refractivity contribution in [3.8, 4) is 0 Å². The van der Waals surface area contributed by atoms with Gasteiger partial charge in [0.2, 0.25) is 0 Å². The Labute approximate surface area is 145 Å². The van der Waals surface area contributed by atoms with Gasteiger partial charge in [-0.1, -0.05) is 13.5 Å². The lowest BCUT2D eigenvalue weighted by atomic mass is 9.98. The number of alkyl halides is 13. The quantitative estimate of drug-likeness (QED) is 0.205. The molecule has 1 unspecified atom stereocenters. The van der Waals surface area contributed by atoms with Crippen LogP contribution in [0.4, 0.5) is 52.7 Å². The highest BCUT2D eigenvalue weighted by Gasteiger charge is 2.91. The van der Waals surface area contributed by atoms with Gasteiger partial charge in [-0.2, -0.15) is 52.7 Å². The van der Waals surface area contributed by atoms with E-state index < -0.39 is 52.6 Å². The lowest BCUT2D eigenvalue weighted by Crippen LogP contribution is -2.70. The molecular weight excluding hydrogens is 472 g/mol. The van der Waals surface area contributed by atoms with Gasteiger partial charge in [-0.3, -0.25) is 0 Å². The van der Waals surface area contributed by atoms with Gasteiger partial charge in [0.25, 0.3) is 0 Å². The van der Waals surface area contributed by atoms with Gasteiger partial charge < -0.3 is 4.74 Å². The second-order valence-electron chi connectivity index (χ2n) is 4.66. The van der Waals surface area contributed by atoms with Crippen LogP contribution in [0.25, 0.3) is 0 Å². The smallest absolute Gasteiger partial charge is 0.409 e. The van der Waals surface area contributed by atoms with E-state index in [9.17, 15) is 57.5 Å². The van der Waals surface area contributed by atoms with Crippen molar-refractivity contribution >= 4 is 21.9 Å². The SMILES string of the molecule is C=C(CC)C(=O)OC(F)(Br)C(F)(F)C(F)(F)C(F)(F)C(F)(F)C(F)(F)F. The number of rotatable bonds is 7. The molecule has 0 aliphatic rings. The van der Waals surface area contributed by atoms with Crippen LogP contribution < -0.4 is 0 Å². The van der Waals surface area contributed by atoms with Crippen LogP contribution in [0.5, 0.6) is 0 Å². The van der Waals surface area contributed by atoms with Crippen molar-refractivity contribution in [2.24, 2.45) is 0 Å². The molecule has 0 rings (SSSR count). The van der Waals surface area contributed by atoms with E-state index in [4.69, 9.17) is 0 Å². The Kier molecular flexibility index (Phi) is 6.48. The molecule has 0 radical (unpaired) electrons. The van der Waals surface area contributed by atoms with Gasteiger partial charge in [-0.25, -0.2) is 4.79 Å². The van der Waals surface area contributed by atoms with Crippen molar-refractivity contribution in [1.82, 2.24) is 0 Å². The molecular formula is C11H7BrF12O2. The first-order valence-corrected chi connectivity index (χ1v) is 6.78. The van der Waals surface area contributed by atoms with Gasteiger partial charge >= 0.3 is 40.6 Å². The van der Waals surface area contributed by atoms with Gasteiger partial charge in [-0.15, -0.1) is 0 Å². The van der Waals surface area contributed by atoms with E-state index >= 15 is 0 Å². The summed E-state index contributed by atoms with van der Waals surface area (Å²) >= 11 is 1.01. The first-order chi connectivity index (χ1) is 11.1. The van der Waals surface area contributed by atoms with Crippen LogP contribution >= 0.6 is 15.9 Å². The molecule has 0 saturated heterocycles. The van der Waals surface area contributed by atoms with Crippen molar-refractivity contribution in [3.05, 3.63) is 12.2 Å². The predicted molar refractivity (Wildman–Crippen MR) is 64.1 cm³/mol. The van der Waals surface area contributed by atoms with Gasteiger partial charge in [-0.05, 0) is 6.42 Å². The Balaban J connectivity index is 6.16. The summed E-state index contributed by atoms with van der Waals surface area (Å²) in [5.74, 6) is -32.4. The summed E-state index contributed by atoms with van der Waals surface area (Å²) in [7, 11) is 0. The van der Waals surface area contributed by atoms with Crippen LogP contribution in [0.2, 0.25) is 0 Å². The van der Waals surface area contributed by atoms with Crippen molar-refractivity contribution in [3.63, 3.8) is 0 Å². The van der Waals surface area contributed by atoms with Crippen LogP contribution in [0.1, 0.15) is 13.3 Å². The molecule has 0 heterocycles. The number of carbonyl (C=O) groups is 1. The lowest BCUT2D eigenvalue weighted by Gasteiger charge is -2.39. The molecule has 154 valence electrons. The fraction of sp³-hybridized carbons (Fsp3) is 0.727. The summed E-state index contributed by atoms with van der Waals surface area (Å²) in [6.07, 6.45) is -7.82. The monoisotopic (exact) mass is 478 g/mol. The lowest BCUT2D eigenvalue weighted by molar-refractivity contribution is -0.435. The molecule has 0 saturated carbocycles. The van der Waals surface area contributed by atoms with Crippen LogP contribution in [0.3, 0.4) is 0 Å². The summed E-state index contributed by atoms with van der Waals surface area (Å²) in [5, 5.41) is 0. The maximum Gasteiger partial charge on any atom is 0.460 e. The van der Waals surface area contributed by atoms with Gasteiger partial charge in [0.15, 0.2) is 0 Å². The number of halogens is 13. The molecule has 0 aliphatic carbocycles. The Hall–Kier alpha value is -1.15. The largest absolute Gasteiger partial charge is 0.460 e. The third-order valence-corrected chi connectivity index (χ3v) is 3.50. The second kappa shape index (κ2) is 6.78. The Bertz CT molecular complexity index is 566. The average molecular weight is 479 g/mol. The minimum absolute atomic E-state index is 0.424. The Morgan fingerprint density at radius 3 is 1.46 bits per heavy atom. The molecule has 1 atom stereocenters. The Morgan fingerprint density at radius 1 is 0.808 bits per heavy atom. The van der Waals surface area contributed by atoms with Gasteiger partial charge in [0, 0.05) is 21.5 Å². The molecule has 0 aromatic heterocycles. The normalized spacial score (nSPS) is 16.8. The molecule has 0 spiro atoms. The van der Waals surface area contributed by atoms with E-state index in [1.807, 2.05) is 0 Å². The maximum absolute atomic E-state index is 13.7. The zero-order valence-electron chi connectivity index (χ0n) is 12.1. The first-order valence-electron chi connectivity index (χ1n) is 5.98. The zero-order chi connectivity index (χ0) is 21.6. The highest BCUT2D eigenvalue weighted by molar-refractivity contribution is 9.10. The average Bonchev–Trinajstić information content (AvgIpc) is 2.43. The van der Waals surface area contributed by atoms with E-state index in [1.54, 1.807) is 0 Å². The minimum Gasteiger partial charge on any atom is -0.409 e. The van der Waals surface area contributed by atoms with E-state index in [2.05, 4.69) is 11.3 Å². The van der Waals surface area contributed by atoms with Gasteiger partial charge in [0.1, 0.15) is 0 Å². The number of hydrogen-bond acceptors (Lipinski definition) is 2. The molecule has 2 nitrogen and oxygen atoms in total. The van der Waals surface area contributed by atoms with Crippen molar-refractivity contribution in [2.45, 2.75) is 48.0 Å². The predicted octanol–water partition coefficient (Wildman–Crippen LogP) is 5.62. The number of carbonyl (C=O) groups excluding carboxylic acids is 1. The number of hydrogen-bond donors (Lipinski definition) is 0. The maximum atomic E-state index is 13.7. The third-order valence-electron chi connectivity index (χ3n) is 2.84. The summed E-state index contributed by atoms with van der Waals surface area (Å²) in [4.78, 5) is 11.1. The molecule has 0 fully saturated rings. The molecule has 0 amide bonds. The minimum atomic E-state index is -7.83. The van der Waals surface area contributed by atoms with Crippen LogP contribution in [0, 0.1) is 0 Å². The zero-order valence-corrected chi connectivity index (χ0v) is 13.7. The summed E-state index contributed by atoms with van der Waals surface area (Å²) in [6, 6.07) is 0. The molecule has 0 aromatic carbocycles. The van der Waals surface area contributed by atoms with Gasteiger partial charge in [0.05, 0.1) is 0 Å². The van der Waals surface area contributed by atoms with Crippen molar-refractivity contribution in [1.29, 1.82) is 0 Å². The molecule has 0 bridgehead atoms. The molecule has 0 aliphatic heterocycles. The van der Waals surface area contributed by atoms with Crippen molar-refractivity contribution < 1.29 is 62.2 Å². The highest BCUT2D eigenvalue weighted by atomic mass is 79.9. The third kappa shape index (κ3) is 3.63. The standard InChI is InChI=1S/C11H7BrF12O2/c1-3-4(2)5(25)26-10(12,21)8(17,18)6(13,14)7(15,16)9(19,20)11(22,23)24/h2-3H2,1H3. The molecule has 26 heavy (non-hydrogen) atoms. The van der Waals surface area contributed by atoms with E-state index in [0.29, 0.717) is 0 Å². The van der Waals surface area contributed by atoms with E-state index in [-0.39, 0.29) is 0 Å². The summed E-state index contributed by atoms with van der Waals surface area (Å²) < 4.78 is 152. The topological polar surface area (TPSA) is 26.3 Å². The Morgan fingerprint density at radius 2 is 1.15 bits per heavy atom. The summed E-state index contributed by atoms with van der Waals surface area (Å²) in [5.41, 5.74) is -0.835. The molecule has 0 N–H and O–H groups in total. The molecule has 0 aromatic rings. The number of ether oxygens (including phenoxy) is 1. The molecule has 15 heteroatoms. The van der Waals surface area contributed by atoms with Crippen molar-refractivity contribution in [2.75, 3.05) is 0 Å². The fourth-order valence-electron chi connectivity index (χ4n) is 1.15. The highest BCUT2D eigenvalue weighted by Crippen LogP contribution is 2.61. The van der Waals surface area contributed by atoms with Crippen LogP contribution in [0.15, 0.2) is 12.2 Å².